The van der Waals surface area contributed by atoms with Gasteiger partial charge in [-0.2, -0.15) is 0 Å². The lowest BCUT2D eigenvalue weighted by Gasteiger charge is -2.05. The van der Waals surface area contributed by atoms with Gasteiger partial charge in [0.05, 0.1) is 18.8 Å². The molecule has 1 heterocycles. The van der Waals surface area contributed by atoms with Crippen LogP contribution >= 0.6 is 0 Å². The molecule has 0 radical (unpaired) electrons. The number of rotatable bonds is 10. The quantitative estimate of drug-likeness (QED) is 0.618. The molecule has 0 spiro atoms. The summed E-state index contributed by atoms with van der Waals surface area (Å²) in [7, 11) is 0. The maximum atomic E-state index is 11.4. The Balaban J connectivity index is 2.18. The molecule has 0 aliphatic carbocycles. The molecule has 0 aliphatic heterocycles. The van der Waals surface area contributed by atoms with Crippen LogP contribution in [-0.2, 0) is 22.5 Å². The zero-order chi connectivity index (χ0) is 15.0. The zero-order valence-electron chi connectivity index (χ0n) is 13.1. The van der Waals surface area contributed by atoms with Crippen molar-refractivity contribution in [3.05, 3.63) is 11.9 Å². The summed E-state index contributed by atoms with van der Waals surface area (Å²) in [5.41, 5.74) is 1.03. The number of carbonyl (C=O) groups excluding carboxylic acids is 1. The molecular formula is C15H27N3O2. The second-order valence-electron chi connectivity index (χ2n) is 5.93. The van der Waals surface area contributed by atoms with Crippen LogP contribution in [-0.4, -0.2) is 34.0 Å². The third-order valence-electron chi connectivity index (χ3n) is 3.15. The highest BCUT2D eigenvalue weighted by Gasteiger charge is 2.07. The van der Waals surface area contributed by atoms with E-state index < -0.39 is 0 Å². The Hall–Kier alpha value is -1.23. The number of hydrogen-bond acceptors (Lipinski definition) is 4. The maximum absolute atomic E-state index is 11.4. The first-order valence-electron chi connectivity index (χ1n) is 7.48. The molecule has 0 saturated heterocycles. The van der Waals surface area contributed by atoms with Crippen molar-refractivity contribution in [3.63, 3.8) is 0 Å². The lowest BCUT2D eigenvalue weighted by molar-refractivity contribution is -0.126. The average Bonchev–Trinajstić information content (AvgIpc) is 2.81. The third-order valence-corrected chi connectivity index (χ3v) is 3.15. The second-order valence-corrected chi connectivity index (χ2v) is 5.93. The molecule has 0 bridgehead atoms. The number of nitrogens with zero attached hydrogens (tertiary/aromatic N) is 3. The fraction of sp³-hybridized carbons (Fsp3) is 0.800. The first-order valence-corrected chi connectivity index (χ1v) is 7.48. The minimum Gasteiger partial charge on any atom is -0.372 e. The van der Waals surface area contributed by atoms with E-state index in [9.17, 15) is 4.79 Å². The van der Waals surface area contributed by atoms with E-state index in [-0.39, 0.29) is 18.3 Å². The largest absolute Gasteiger partial charge is 0.372 e. The summed E-state index contributed by atoms with van der Waals surface area (Å²) in [6, 6.07) is 0. The monoisotopic (exact) mass is 281 g/mol. The Morgan fingerprint density at radius 2 is 2.10 bits per heavy atom. The van der Waals surface area contributed by atoms with E-state index in [0.29, 0.717) is 13.2 Å². The summed E-state index contributed by atoms with van der Waals surface area (Å²) in [4.78, 5) is 11.4. The SMILES string of the molecule is CC(C)CCCc1cn(CCOCC(=O)C(C)C)nn1. The van der Waals surface area contributed by atoms with Crippen LogP contribution in [0.15, 0.2) is 6.20 Å². The van der Waals surface area contributed by atoms with E-state index in [1.165, 1.54) is 6.42 Å². The number of aryl methyl sites for hydroxylation is 1. The molecule has 5 heteroatoms. The van der Waals surface area contributed by atoms with Crippen LogP contribution in [0.2, 0.25) is 0 Å². The number of aromatic nitrogens is 3. The van der Waals surface area contributed by atoms with Crippen molar-refractivity contribution in [2.75, 3.05) is 13.2 Å². The highest BCUT2D eigenvalue weighted by atomic mass is 16.5. The Morgan fingerprint density at radius 3 is 2.75 bits per heavy atom. The predicted octanol–water partition coefficient (Wildman–Crippen LogP) is 2.50. The molecule has 0 aromatic carbocycles. The van der Waals surface area contributed by atoms with Crippen molar-refractivity contribution in [2.45, 2.75) is 53.5 Å². The second kappa shape index (κ2) is 8.84. The van der Waals surface area contributed by atoms with E-state index in [2.05, 4.69) is 24.2 Å². The zero-order valence-corrected chi connectivity index (χ0v) is 13.1. The minimum atomic E-state index is 0.0360. The van der Waals surface area contributed by atoms with Gasteiger partial charge >= 0.3 is 0 Å². The summed E-state index contributed by atoms with van der Waals surface area (Å²) >= 11 is 0. The summed E-state index contributed by atoms with van der Waals surface area (Å²) in [6.07, 6.45) is 5.31. The number of ketones is 1. The van der Waals surface area contributed by atoms with Crippen LogP contribution in [0.5, 0.6) is 0 Å². The van der Waals surface area contributed by atoms with Crippen LogP contribution in [0.3, 0.4) is 0 Å². The standard InChI is InChI=1S/C15H27N3O2/c1-12(2)6-5-7-14-10-18(17-16-14)8-9-20-11-15(19)13(3)4/h10,12-13H,5-9,11H2,1-4H3. The summed E-state index contributed by atoms with van der Waals surface area (Å²) in [6.45, 7) is 9.54. The molecule has 0 atom stereocenters. The van der Waals surface area contributed by atoms with Crippen molar-refractivity contribution in [2.24, 2.45) is 11.8 Å². The van der Waals surface area contributed by atoms with Crippen molar-refractivity contribution >= 4 is 5.78 Å². The van der Waals surface area contributed by atoms with E-state index in [4.69, 9.17) is 4.74 Å². The molecule has 0 aliphatic rings. The van der Waals surface area contributed by atoms with Gasteiger partial charge in [0.1, 0.15) is 6.61 Å². The van der Waals surface area contributed by atoms with Gasteiger partial charge in [-0.3, -0.25) is 4.79 Å². The van der Waals surface area contributed by atoms with E-state index in [1.54, 1.807) is 4.68 Å². The van der Waals surface area contributed by atoms with Gasteiger partial charge in [-0.15, -0.1) is 5.10 Å². The first-order chi connectivity index (χ1) is 9.49. The van der Waals surface area contributed by atoms with E-state index in [1.807, 2.05) is 20.0 Å². The molecule has 0 N–H and O–H groups in total. The third kappa shape index (κ3) is 6.80. The molecule has 5 nitrogen and oxygen atoms in total. The van der Waals surface area contributed by atoms with Gasteiger partial charge in [0.2, 0.25) is 0 Å². The van der Waals surface area contributed by atoms with Gasteiger partial charge in [0, 0.05) is 12.1 Å². The highest BCUT2D eigenvalue weighted by molar-refractivity contribution is 5.81. The highest BCUT2D eigenvalue weighted by Crippen LogP contribution is 2.07. The number of hydrogen-bond donors (Lipinski definition) is 0. The molecule has 20 heavy (non-hydrogen) atoms. The lowest BCUT2D eigenvalue weighted by Crippen LogP contribution is -2.17. The molecule has 0 fully saturated rings. The Labute approximate surface area is 121 Å². The van der Waals surface area contributed by atoms with Crippen molar-refractivity contribution in [1.82, 2.24) is 15.0 Å². The van der Waals surface area contributed by atoms with Crippen LogP contribution in [0.4, 0.5) is 0 Å². The number of carbonyl (C=O) groups is 1. The lowest BCUT2D eigenvalue weighted by atomic mass is 10.1. The first kappa shape index (κ1) is 16.8. The molecule has 0 unspecified atom stereocenters. The van der Waals surface area contributed by atoms with Gasteiger partial charge in [-0.1, -0.05) is 39.3 Å². The number of ether oxygens (including phenoxy) is 1. The predicted molar refractivity (Wildman–Crippen MR) is 78.5 cm³/mol. The average molecular weight is 281 g/mol. The maximum Gasteiger partial charge on any atom is 0.160 e. The van der Waals surface area contributed by atoms with Crippen molar-refractivity contribution in [1.29, 1.82) is 0 Å². The Bertz CT molecular complexity index is 400. The Kier molecular flexibility index (Phi) is 7.44. The molecule has 114 valence electrons. The fourth-order valence-electron chi connectivity index (χ4n) is 1.75. The summed E-state index contributed by atoms with van der Waals surface area (Å²) < 4.78 is 7.13. The van der Waals surface area contributed by atoms with Crippen molar-refractivity contribution in [3.8, 4) is 0 Å². The van der Waals surface area contributed by atoms with Gasteiger partial charge in [0.15, 0.2) is 5.78 Å². The van der Waals surface area contributed by atoms with Gasteiger partial charge in [-0.05, 0) is 18.8 Å². The van der Waals surface area contributed by atoms with Gasteiger partial charge < -0.3 is 4.74 Å². The van der Waals surface area contributed by atoms with Crippen LogP contribution in [0, 0.1) is 11.8 Å². The van der Waals surface area contributed by atoms with Crippen LogP contribution in [0.25, 0.3) is 0 Å². The fourth-order valence-corrected chi connectivity index (χ4v) is 1.75. The summed E-state index contributed by atoms with van der Waals surface area (Å²) in [5, 5.41) is 8.21. The number of Topliss-reactive ketones (excluding diaryl/α,β-unsaturated/α-hetero) is 1. The van der Waals surface area contributed by atoms with Crippen LogP contribution in [0.1, 0.15) is 46.2 Å². The molecule has 1 rings (SSSR count). The molecular weight excluding hydrogens is 254 g/mol. The minimum absolute atomic E-state index is 0.0360. The smallest absolute Gasteiger partial charge is 0.160 e. The van der Waals surface area contributed by atoms with Gasteiger partial charge in [0.25, 0.3) is 0 Å². The molecule has 0 saturated carbocycles. The normalized spacial score (nSPS) is 11.5. The Morgan fingerprint density at radius 1 is 1.35 bits per heavy atom. The van der Waals surface area contributed by atoms with E-state index in [0.717, 1.165) is 24.5 Å². The topological polar surface area (TPSA) is 57.0 Å². The van der Waals surface area contributed by atoms with Crippen molar-refractivity contribution < 1.29 is 9.53 Å². The van der Waals surface area contributed by atoms with Crippen LogP contribution < -0.4 is 0 Å². The summed E-state index contributed by atoms with van der Waals surface area (Å²) in [5.74, 6) is 0.906. The molecule has 1 aromatic heterocycles. The van der Waals surface area contributed by atoms with E-state index >= 15 is 0 Å². The molecule has 0 amide bonds. The molecule has 1 aromatic rings. The van der Waals surface area contributed by atoms with Gasteiger partial charge in [-0.25, -0.2) is 4.68 Å².